The summed E-state index contributed by atoms with van der Waals surface area (Å²) in [7, 11) is 0. The Morgan fingerprint density at radius 1 is 0.396 bits per heavy atom. The zero-order chi connectivity index (χ0) is 35.3. The van der Waals surface area contributed by atoms with Crippen LogP contribution in [0, 0.1) is 0 Å². The molecule has 10 aromatic rings. The van der Waals surface area contributed by atoms with E-state index in [1.54, 1.807) is 0 Å². The van der Waals surface area contributed by atoms with Crippen LogP contribution >= 0.6 is 0 Å². The van der Waals surface area contributed by atoms with E-state index in [4.69, 9.17) is 4.42 Å². The van der Waals surface area contributed by atoms with Crippen molar-refractivity contribution >= 4 is 71.3 Å². The van der Waals surface area contributed by atoms with Gasteiger partial charge in [0.05, 0.1) is 5.69 Å². The normalized spacial score (nSPS) is 13.2. The van der Waals surface area contributed by atoms with E-state index in [1.165, 1.54) is 60.1 Å². The van der Waals surface area contributed by atoms with Crippen LogP contribution in [-0.4, -0.2) is 0 Å². The van der Waals surface area contributed by atoms with Crippen LogP contribution in [0.3, 0.4) is 0 Å². The van der Waals surface area contributed by atoms with Crippen molar-refractivity contribution in [2.75, 3.05) is 4.90 Å². The fourth-order valence-electron chi connectivity index (χ4n) is 9.12. The summed E-state index contributed by atoms with van der Waals surface area (Å²) < 4.78 is 7.30. The number of benzene rings is 9. The van der Waals surface area contributed by atoms with Crippen molar-refractivity contribution in [3.8, 4) is 22.3 Å². The van der Waals surface area contributed by atoms with Crippen LogP contribution in [0.15, 0.2) is 180 Å². The predicted molar refractivity (Wildman–Crippen MR) is 224 cm³/mol. The topological polar surface area (TPSA) is 16.4 Å². The monoisotopic (exact) mass is 677 g/mol. The van der Waals surface area contributed by atoms with Crippen molar-refractivity contribution in [3.05, 3.63) is 187 Å². The Morgan fingerprint density at radius 3 is 1.87 bits per heavy atom. The Bertz CT molecular complexity index is 3090. The fourth-order valence-corrected chi connectivity index (χ4v) is 9.12. The second kappa shape index (κ2) is 11.2. The van der Waals surface area contributed by atoms with Crippen molar-refractivity contribution in [1.82, 2.24) is 0 Å². The molecule has 0 aliphatic heterocycles. The SMILES string of the molecule is CC1(C)c2ccccc2-c2ccc(N(c3ccccc3)c3cccc4c3oc3c(-c5cc6ccccc6c6ccccc56)c5ccccc5cc34)cc21. The first-order chi connectivity index (χ1) is 26.1. The molecule has 0 fully saturated rings. The van der Waals surface area contributed by atoms with Gasteiger partial charge in [-0.25, -0.2) is 0 Å². The first-order valence-corrected chi connectivity index (χ1v) is 18.4. The van der Waals surface area contributed by atoms with E-state index in [9.17, 15) is 0 Å². The first kappa shape index (κ1) is 30.0. The van der Waals surface area contributed by atoms with E-state index in [0.717, 1.165) is 44.6 Å². The molecule has 1 aromatic heterocycles. The number of fused-ring (bicyclic) bond motifs is 10. The predicted octanol–water partition coefficient (Wildman–Crippen LogP) is 14.5. The van der Waals surface area contributed by atoms with Gasteiger partial charge in [0, 0.05) is 33.1 Å². The second-order valence-corrected chi connectivity index (χ2v) is 14.9. The molecule has 0 N–H and O–H groups in total. The number of furan rings is 1. The smallest absolute Gasteiger partial charge is 0.159 e. The third kappa shape index (κ3) is 4.33. The number of hydrogen-bond donors (Lipinski definition) is 0. The molecular formula is C51H35NO. The van der Waals surface area contributed by atoms with Gasteiger partial charge in [0.2, 0.25) is 0 Å². The summed E-state index contributed by atoms with van der Waals surface area (Å²) in [5, 5.41) is 9.54. The summed E-state index contributed by atoms with van der Waals surface area (Å²) >= 11 is 0. The minimum absolute atomic E-state index is 0.118. The standard InChI is InChI=1S/C51H35NO/c1-51(2)45-25-13-12-23-40(45)41-28-27-35(31-46(41)51)52(34-17-4-3-5-18-34)47-26-14-24-42-44-30-33-16-7-9-20-37(33)48(50(44)53-49(42)47)43-29-32-15-6-8-19-36(32)38-21-10-11-22-39(38)43/h3-31H,1-2H3. The van der Waals surface area contributed by atoms with Gasteiger partial charge in [-0.15, -0.1) is 0 Å². The maximum atomic E-state index is 7.30. The number of hydrogen-bond acceptors (Lipinski definition) is 2. The van der Waals surface area contributed by atoms with Gasteiger partial charge in [0.25, 0.3) is 0 Å². The highest BCUT2D eigenvalue weighted by Gasteiger charge is 2.36. The average molecular weight is 678 g/mol. The summed E-state index contributed by atoms with van der Waals surface area (Å²) in [4.78, 5) is 2.37. The van der Waals surface area contributed by atoms with E-state index in [-0.39, 0.29) is 5.41 Å². The van der Waals surface area contributed by atoms with Crippen LogP contribution in [-0.2, 0) is 5.41 Å². The Balaban J connectivity index is 1.21. The molecule has 1 aliphatic carbocycles. The molecular weight excluding hydrogens is 643 g/mol. The minimum Gasteiger partial charge on any atom is -0.453 e. The Morgan fingerprint density at radius 2 is 1.04 bits per heavy atom. The zero-order valence-electron chi connectivity index (χ0n) is 29.6. The zero-order valence-corrected chi connectivity index (χ0v) is 29.6. The van der Waals surface area contributed by atoms with Gasteiger partial charge in [-0.2, -0.15) is 0 Å². The fraction of sp³-hybridized carbons (Fsp3) is 0.0588. The molecule has 0 unspecified atom stereocenters. The number of anilines is 3. The lowest BCUT2D eigenvalue weighted by molar-refractivity contribution is 0.660. The maximum Gasteiger partial charge on any atom is 0.159 e. The molecule has 53 heavy (non-hydrogen) atoms. The molecule has 0 saturated carbocycles. The number of para-hydroxylation sites is 2. The van der Waals surface area contributed by atoms with Crippen LogP contribution in [0.1, 0.15) is 25.0 Å². The molecule has 0 atom stereocenters. The van der Waals surface area contributed by atoms with Crippen molar-refractivity contribution in [2.45, 2.75) is 19.3 Å². The van der Waals surface area contributed by atoms with Gasteiger partial charge >= 0.3 is 0 Å². The van der Waals surface area contributed by atoms with Crippen molar-refractivity contribution < 1.29 is 4.42 Å². The van der Waals surface area contributed by atoms with E-state index in [0.29, 0.717) is 0 Å². The van der Waals surface area contributed by atoms with Crippen LogP contribution in [0.4, 0.5) is 17.1 Å². The van der Waals surface area contributed by atoms with Gasteiger partial charge in [0.15, 0.2) is 5.58 Å². The van der Waals surface area contributed by atoms with Crippen LogP contribution in [0.2, 0.25) is 0 Å². The summed E-state index contributed by atoms with van der Waals surface area (Å²) in [6.45, 7) is 4.69. The van der Waals surface area contributed by atoms with E-state index in [2.05, 4.69) is 195 Å². The lowest BCUT2D eigenvalue weighted by Crippen LogP contribution is -2.16. The minimum atomic E-state index is -0.118. The quantitative estimate of drug-likeness (QED) is 0.172. The molecule has 0 saturated heterocycles. The largest absolute Gasteiger partial charge is 0.453 e. The molecule has 1 heterocycles. The van der Waals surface area contributed by atoms with E-state index >= 15 is 0 Å². The summed E-state index contributed by atoms with van der Waals surface area (Å²) in [6, 6.07) is 64.0. The molecule has 9 aromatic carbocycles. The molecule has 0 spiro atoms. The third-order valence-electron chi connectivity index (χ3n) is 11.6. The second-order valence-electron chi connectivity index (χ2n) is 14.9. The van der Waals surface area contributed by atoms with Gasteiger partial charge in [-0.05, 0) is 103 Å². The lowest BCUT2D eigenvalue weighted by Gasteiger charge is -2.28. The summed E-state index contributed by atoms with van der Waals surface area (Å²) in [5.74, 6) is 0. The third-order valence-corrected chi connectivity index (χ3v) is 11.6. The highest BCUT2D eigenvalue weighted by atomic mass is 16.3. The van der Waals surface area contributed by atoms with Crippen LogP contribution < -0.4 is 4.90 Å². The number of nitrogens with zero attached hydrogens (tertiary/aromatic N) is 1. The van der Waals surface area contributed by atoms with Gasteiger partial charge in [0.1, 0.15) is 5.58 Å². The Labute approximate surface area is 308 Å². The molecule has 11 rings (SSSR count). The van der Waals surface area contributed by atoms with Gasteiger partial charge < -0.3 is 9.32 Å². The van der Waals surface area contributed by atoms with Crippen molar-refractivity contribution in [1.29, 1.82) is 0 Å². The summed E-state index contributed by atoms with van der Waals surface area (Å²) in [5.41, 5.74) is 12.5. The molecule has 0 bridgehead atoms. The molecule has 0 radical (unpaired) electrons. The highest BCUT2D eigenvalue weighted by Crippen LogP contribution is 2.52. The summed E-state index contributed by atoms with van der Waals surface area (Å²) in [6.07, 6.45) is 0. The lowest BCUT2D eigenvalue weighted by atomic mass is 9.82. The van der Waals surface area contributed by atoms with Crippen molar-refractivity contribution in [3.63, 3.8) is 0 Å². The van der Waals surface area contributed by atoms with Gasteiger partial charge in [-0.3, -0.25) is 0 Å². The van der Waals surface area contributed by atoms with Crippen molar-refractivity contribution in [2.24, 2.45) is 0 Å². The molecule has 250 valence electrons. The van der Waals surface area contributed by atoms with Gasteiger partial charge in [-0.1, -0.05) is 147 Å². The van der Waals surface area contributed by atoms with Crippen LogP contribution in [0.5, 0.6) is 0 Å². The molecule has 0 amide bonds. The first-order valence-electron chi connectivity index (χ1n) is 18.4. The van der Waals surface area contributed by atoms with E-state index in [1.807, 2.05) is 0 Å². The number of rotatable bonds is 4. The molecule has 1 aliphatic rings. The Kier molecular flexibility index (Phi) is 6.33. The highest BCUT2D eigenvalue weighted by molar-refractivity contribution is 6.24. The van der Waals surface area contributed by atoms with E-state index < -0.39 is 0 Å². The average Bonchev–Trinajstić information content (AvgIpc) is 3.69. The Hall–Kier alpha value is -6.64. The van der Waals surface area contributed by atoms with Crippen LogP contribution in [0.25, 0.3) is 76.5 Å². The molecule has 2 heteroatoms. The molecule has 2 nitrogen and oxygen atoms in total. The maximum absolute atomic E-state index is 7.30.